The molecule has 2 aliphatic rings. The van der Waals surface area contributed by atoms with Gasteiger partial charge in [-0.1, -0.05) is 6.92 Å². The molecule has 1 aliphatic heterocycles. The van der Waals surface area contributed by atoms with Gasteiger partial charge in [0.25, 0.3) is 0 Å². The lowest BCUT2D eigenvalue weighted by atomic mass is 9.78. The van der Waals surface area contributed by atoms with Crippen molar-refractivity contribution in [1.29, 1.82) is 0 Å². The van der Waals surface area contributed by atoms with Gasteiger partial charge in [0, 0.05) is 18.1 Å². The minimum absolute atomic E-state index is 0.471. The zero-order chi connectivity index (χ0) is 10.0. The van der Waals surface area contributed by atoms with Gasteiger partial charge in [0.2, 0.25) is 0 Å². The first-order valence-corrected chi connectivity index (χ1v) is 6.18. The second-order valence-corrected chi connectivity index (χ2v) is 5.48. The summed E-state index contributed by atoms with van der Waals surface area (Å²) in [5.41, 5.74) is 0.471. The molecule has 0 aromatic rings. The first kappa shape index (κ1) is 10.4. The molecule has 14 heavy (non-hydrogen) atoms. The number of hydrogen-bond donors (Lipinski definition) is 2. The number of nitrogens with one attached hydrogen (secondary N) is 2. The molecule has 1 saturated heterocycles. The highest BCUT2D eigenvalue weighted by Crippen LogP contribution is 2.31. The topological polar surface area (TPSA) is 24.1 Å². The molecular weight excluding hydrogens is 172 g/mol. The molecule has 2 unspecified atom stereocenters. The molecule has 0 spiro atoms. The van der Waals surface area contributed by atoms with Gasteiger partial charge in [-0.2, -0.15) is 0 Å². The molecule has 2 rings (SSSR count). The SMILES string of the molecule is CC1CCCNC1CNC1(C)CCC1. The fourth-order valence-corrected chi connectivity index (χ4v) is 2.63. The lowest BCUT2D eigenvalue weighted by Crippen LogP contribution is -2.55. The van der Waals surface area contributed by atoms with Crippen LogP contribution in [0.25, 0.3) is 0 Å². The molecule has 2 atom stereocenters. The van der Waals surface area contributed by atoms with E-state index in [2.05, 4.69) is 24.5 Å². The number of hydrogen-bond acceptors (Lipinski definition) is 2. The molecule has 1 saturated carbocycles. The van der Waals surface area contributed by atoms with Crippen LogP contribution in [0.2, 0.25) is 0 Å². The monoisotopic (exact) mass is 196 g/mol. The zero-order valence-electron chi connectivity index (χ0n) is 9.60. The Morgan fingerprint density at radius 1 is 1.36 bits per heavy atom. The van der Waals surface area contributed by atoms with E-state index in [0.29, 0.717) is 11.6 Å². The summed E-state index contributed by atoms with van der Waals surface area (Å²) in [7, 11) is 0. The van der Waals surface area contributed by atoms with E-state index in [0.717, 1.165) is 12.5 Å². The Morgan fingerprint density at radius 2 is 2.14 bits per heavy atom. The molecule has 1 heterocycles. The van der Waals surface area contributed by atoms with Gasteiger partial charge in [0.1, 0.15) is 0 Å². The lowest BCUT2D eigenvalue weighted by Gasteiger charge is -2.42. The number of rotatable bonds is 3. The van der Waals surface area contributed by atoms with Crippen LogP contribution in [0.5, 0.6) is 0 Å². The maximum Gasteiger partial charge on any atom is 0.0218 e. The Morgan fingerprint density at radius 3 is 2.71 bits per heavy atom. The van der Waals surface area contributed by atoms with E-state index in [1.54, 1.807) is 0 Å². The van der Waals surface area contributed by atoms with Crippen LogP contribution in [0, 0.1) is 5.92 Å². The second kappa shape index (κ2) is 4.19. The van der Waals surface area contributed by atoms with Crippen LogP contribution in [0.4, 0.5) is 0 Å². The van der Waals surface area contributed by atoms with E-state index in [1.165, 1.54) is 38.6 Å². The highest BCUT2D eigenvalue weighted by atomic mass is 15.0. The van der Waals surface area contributed by atoms with Crippen molar-refractivity contribution in [2.75, 3.05) is 13.1 Å². The second-order valence-electron chi connectivity index (χ2n) is 5.48. The molecule has 2 heteroatoms. The van der Waals surface area contributed by atoms with Gasteiger partial charge in [-0.25, -0.2) is 0 Å². The van der Waals surface area contributed by atoms with Crippen molar-refractivity contribution in [3.8, 4) is 0 Å². The quantitative estimate of drug-likeness (QED) is 0.720. The molecule has 0 aromatic heterocycles. The molecule has 0 bridgehead atoms. The Hall–Kier alpha value is -0.0800. The van der Waals surface area contributed by atoms with E-state index >= 15 is 0 Å². The van der Waals surface area contributed by atoms with Crippen LogP contribution in [0.1, 0.15) is 46.0 Å². The van der Waals surface area contributed by atoms with Gasteiger partial charge in [-0.05, 0) is 51.5 Å². The standard InChI is InChI=1S/C12H24N2/c1-10-5-3-8-13-11(10)9-14-12(2)6-4-7-12/h10-11,13-14H,3-9H2,1-2H3. The summed E-state index contributed by atoms with van der Waals surface area (Å²) >= 11 is 0. The average molecular weight is 196 g/mol. The summed E-state index contributed by atoms with van der Waals surface area (Å²) in [6, 6.07) is 0.709. The molecule has 0 aromatic carbocycles. The summed E-state index contributed by atoms with van der Waals surface area (Å²) in [5, 5.41) is 7.36. The first-order chi connectivity index (χ1) is 6.70. The maximum absolute atomic E-state index is 3.73. The summed E-state index contributed by atoms with van der Waals surface area (Å²) in [6.45, 7) is 7.12. The number of piperidine rings is 1. The van der Waals surface area contributed by atoms with E-state index in [4.69, 9.17) is 0 Å². The fraction of sp³-hybridized carbons (Fsp3) is 1.00. The summed E-state index contributed by atoms with van der Waals surface area (Å²) in [6.07, 6.45) is 6.91. The molecule has 2 nitrogen and oxygen atoms in total. The van der Waals surface area contributed by atoms with Gasteiger partial charge in [0.05, 0.1) is 0 Å². The molecular formula is C12H24N2. The van der Waals surface area contributed by atoms with Gasteiger partial charge in [0.15, 0.2) is 0 Å². The van der Waals surface area contributed by atoms with Gasteiger partial charge in [-0.15, -0.1) is 0 Å². The predicted molar refractivity (Wildman–Crippen MR) is 60.4 cm³/mol. The van der Waals surface area contributed by atoms with Crippen molar-refractivity contribution >= 4 is 0 Å². The summed E-state index contributed by atoms with van der Waals surface area (Å²) < 4.78 is 0. The molecule has 2 N–H and O–H groups in total. The van der Waals surface area contributed by atoms with Gasteiger partial charge < -0.3 is 10.6 Å². The van der Waals surface area contributed by atoms with E-state index < -0.39 is 0 Å². The van der Waals surface area contributed by atoms with Gasteiger partial charge >= 0.3 is 0 Å². The van der Waals surface area contributed by atoms with Crippen LogP contribution in [-0.4, -0.2) is 24.7 Å². The van der Waals surface area contributed by atoms with E-state index in [9.17, 15) is 0 Å². The molecule has 82 valence electrons. The minimum atomic E-state index is 0.471. The molecule has 0 radical (unpaired) electrons. The van der Waals surface area contributed by atoms with Crippen molar-refractivity contribution < 1.29 is 0 Å². The summed E-state index contributed by atoms with van der Waals surface area (Å²) in [5.74, 6) is 0.847. The predicted octanol–water partition coefficient (Wildman–Crippen LogP) is 1.91. The Kier molecular flexibility index (Phi) is 3.13. The van der Waals surface area contributed by atoms with E-state index in [1.807, 2.05) is 0 Å². The Balaban J connectivity index is 1.73. The van der Waals surface area contributed by atoms with Crippen LogP contribution < -0.4 is 10.6 Å². The highest BCUT2D eigenvalue weighted by molar-refractivity contribution is 4.93. The highest BCUT2D eigenvalue weighted by Gasteiger charge is 2.32. The smallest absolute Gasteiger partial charge is 0.0218 e. The van der Waals surface area contributed by atoms with E-state index in [-0.39, 0.29) is 0 Å². The van der Waals surface area contributed by atoms with Crippen LogP contribution >= 0.6 is 0 Å². The van der Waals surface area contributed by atoms with Crippen molar-refractivity contribution in [2.45, 2.75) is 57.5 Å². The third-order valence-electron chi connectivity index (χ3n) is 4.14. The normalized spacial score (nSPS) is 36.4. The van der Waals surface area contributed by atoms with Crippen LogP contribution in [0.3, 0.4) is 0 Å². The average Bonchev–Trinajstić information content (AvgIpc) is 2.14. The summed E-state index contributed by atoms with van der Waals surface area (Å²) in [4.78, 5) is 0. The third-order valence-corrected chi connectivity index (χ3v) is 4.14. The van der Waals surface area contributed by atoms with Crippen molar-refractivity contribution in [2.24, 2.45) is 5.92 Å². The largest absolute Gasteiger partial charge is 0.312 e. The first-order valence-electron chi connectivity index (χ1n) is 6.18. The Bertz CT molecular complexity index is 187. The third kappa shape index (κ3) is 2.29. The van der Waals surface area contributed by atoms with Crippen molar-refractivity contribution in [1.82, 2.24) is 10.6 Å². The molecule has 0 amide bonds. The van der Waals surface area contributed by atoms with Crippen LogP contribution in [0.15, 0.2) is 0 Å². The zero-order valence-corrected chi connectivity index (χ0v) is 9.60. The van der Waals surface area contributed by atoms with Crippen molar-refractivity contribution in [3.63, 3.8) is 0 Å². The van der Waals surface area contributed by atoms with Gasteiger partial charge in [-0.3, -0.25) is 0 Å². The van der Waals surface area contributed by atoms with Crippen molar-refractivity contribution in [3.05, 3.63) is 0 Å². The Labute approximate surface area is 87.8 Å². The van der Waals surface area contributed by atoms with Crippen LogP contribution in [-0.2, 0) is 0 Å². The molecule has 1 aliphatic carbocycles. The molecule has 2 fully saturated rings. The lowest BCUT2D eigenvalue weighted by molar-refractivity contribution is 0.184. The maximum atomic E-state index is 3.73. The minimum Gasteiger partial charge on any atom is -0.312 e. The fourth-order valence-electron chi connectivity index (χ4n) is 2.63.